The second-order valence-corrected chi connectivity index (χ2v) is 4.06. The van der Waals surface area contributed by atoms with Crippen LogP contribution < -0.4 is 10.1 Å². The Morgan fingerprint density at radius 2 is 2.33 bits per heavy atom. The molecule has 5 heteroatoms. The summed E-state index contributed by atoms with van der Waals surface area (Å²) >= 11 is 8.65. The molecule has 0 aliphatic rings. The molecule has 0 unspecified atom stereocenters. The molecule has 0 aromatic heterocycles. The highest BCUT2D eigenvalue weighted by Crippen LogP contribution is 2.22. The number of hydrogen-bond acceptors (Lipinski definition) is 2. The van der Waals surface area contributed by atoms with Crippen LogP contribution in [0.5, 0.6) is 5.75 Å². The number of carbonyl (C=O) groups is 1. The van der Waals surface area contributed by atoms with E-state index >= 15 is 0 Å². The third-order valence-corrected chi connectivity index (χ3v) is 2.42. The Labute approximate surface area is 102 Å². The van der Waals surface area contributed by atoms with E-state index in [1.807, 2.05) is 12.1 Å². The lowest BCUT2D eigenvalue weighted by molar-refractivity contribution is 0.262. The third kappa shape index (κ3) is 4.10. The fraction of sp³-hybridized carbons (Fsp3) is 0.300. The minimum Gasteiger partial charge on any atom is -0.496 e. The summed E-state index contributed by atoms with van der Waals surface area (Å²) in [4.78, 5) is 10.4. The van der Waals surface area contributed by atoms with Gasteiger partial charge in [-0.3, -0.25) is 4.79 Å². The number of halogens is 2. The van der Waals surface area contributed by atoms with Crippen molar-refractivity contribution >= 4 is 32.3 Å². The molecule has 3 nitrogen and oxygen atoms in total. The lowest BCUT2D eigenvalue weighted by atomic mass is 10.1. The van der Waals surface area contributed by atoms with Gasteiger partial charge >= 0.3 is 0 Å². The van der Waals surface area contributed by atoms with Crippen LogP contribution in [-0.4, -0.2) is 18.5 Å². The van der Waals surface area contributed by atoms with E-state index in [0.29, 0.717) is 18.0 Å². The van der Waals surface area contributed by atoms with Crippen LogP contribution in [0, 0.1) is 0 Å². The summed E-state index contributed by atoms with van der Waals surface area (Å²) in [5, 5.41) is 3.31. The van der Waals surface area contributed by atoms with Gasteiger partial charge in [0, 0.05) is 27.5 Å². The maximum atomic E-state index is 10.6. The van der Waals surface area contributed by atoms with Crippen LogP contribution in [0.25, 0.3) is 0 Å². The summed E-state index contributed by atoms with van der Waals surface area (Å²) < 4.78 is 5.17. The maximum absolute atomic E-state index is 10.6. The van der Waals surface area contributed by atoms with E-state index in [-0.39, 0.29) is 4.82 Å². The summed E-state index contributed by atoms with van der Waals surface area (Å²) in [5.74, 6) is 0.781. The highest BCUT2D eigenvalue weighted by atomic mass is 79.9. The van der Waals surface area contributed by atoms with Crippen LogP contribution >= 0.6 is 27.5 Å². The molecule has 1 amide bonds. The van der Waals surface area contributed by atoms with Gasteiger partial charge < -0.3 is 10.1 Å². The van der Waals surface area contributed by atoms with Crippen molar-refractivity contribution in [2.75, 3.05) is 13.7 Å². The zero-order valence-electron chi connectivity index (χ0n) is 8.22. The summed E-state index contributed by atoms with van der Waals surface area (Å²) in [6, 6.07) is 5.42. The molecule has 0 fully saturated rings. The number of amides is 1. The molecule has 0 bridgehead atoms. The normalized spacial score (nSPS) is 9.80. The van der Waals surface area contributed by atoms with Gasteiger partial charge in [0.1, 0.15) is 5.75 Å². The Balaban J connectivity index is 2.65. The molecule has 0 aliphatic heterocycles. The molecule has 1 aromatic carbocycles. The van der Waals surface area contributed by atoms with Crippen molar-refractivity contribution < 1.29 is 9.53 Å². The number of hydrogen-bond donors (Lipinski definition) is 1. The fourth-order valence-electron chi connectivity index (χ4n) is 1.24. The molecule has 0 atom stereocenters. The van der Waals surface area contributed by atoms with Gasteiger partial charge in [-0.05, 0) is 30.2 Å². The predicted molar refractivity (Wildman–Crippen MR) is 64.0 cm³/mol. The van der Waals surface area contributed by atoms with E-state index in [1.165, 1.54) is 0 Å². The van der Waals surface area contributed by atoms with Crippen LogP contribution in [0.3, 0.4) is 0 Å². The Kier molecular flexibility index (Phi) is 4.91. The third-order valence-electron chi connectivity index (χ3n) is 1.90. The van der Waals surface area contributed by atoms with Gasteiger partial charge in [-0.25, -0.2) is 0 Å². The minimum atomic E-state index is -0.219. The van der Waals surface area contributed by atoms with Gasteiger partial charge in [0.2, 0.25) is 0 Å². The highest BCUT2D eigenvalue weighted by Gasteiger charge is 2.03. The number of nitrogens with one attached hydrogen (secondary N) is 1. The largest absolute Gasteiger partial charge is 0.496 e. The summed E-state index contributed by atoms with van der Waals surface area (Å²) in [6.07, 6.45) is 0.682. The van der Waals surface area contributed by atoms with E-state index in [0.717, 1.165) is 11.3 Å². The first-order valence-corrected chi connectivity index (χ1v) is 5.56. The van der Waals surface area contributed by atoms with E-state index in [1.54, 1.807) is 13.2 Å². The van der Waals surface area contributed by atoms with Crippen LogP contribution in [-0.2, 0) is 6.42 Å². The fourth-order valence-corrected chi connectivity index (χ4v) is 1.63. The number of ether oxygens (including phenoxy) is 1. The van der Waals surface area contributed by atoms with Crippen molar-refractivity contribution in [2.45, 2.75) is 6.42 Å². The molecule has 82 valence electrons. The van der Waals surface area contributed by atoms with Crippen molar-refractivity contribution in [1.29, 1.82) is 0 Å². The second kappa shape index (κ2) is 5.98. The molecule has 1 aromatic rings. The lowest BCUT2D eigenvalue weighted by Crippen LogP contribution is -2.19. The van der Waals surface area contributed by atoms with E-state index in [2.05, 4.69) is 21.2 Å². The molecule has 0 radical (unpaired) electrons. The molecule has 1 N–H and O–H groups in total. The van der Waals surface area contributed by atoms with Crippen LogP contribution in [0.15, 0.2) is 18.2 Å². The highest BCUT2D eigenvalue weighted by molar-refractivity contribution is 9.18. The predicted octanol–water partition coefficient (Wildman–Crippen LogP) is 3.00. The van der Waals surface area contributed by atoms with Crippen LogP contribution in [0.1, 0.15) is 5.56 Å². The minimum absolute atomic E-state index is 0.219. The zero-order chi connectivity index (χ0) is 11.3. The molecule has 0 saturated heterocycles. The van der Waals surface area contributed by atoms with Gasteiger partial charge in [0.15, 0.2) is 0 Å². The monoisotopic (exact) mass is 291 g/mol. The van der Waals surface area contributed by atoms with E-state index in [9.17, 15) is 4.79 Å². The first-order chi connectivity index (χ1) is 7.13. The maximum Gasteiger partial charge on any atom is 0.287 e. The molecule has 0 heterocycles. The average molecular weight is 293 g/mol. The first-order valence-electron chi connectivity index (χ1n) is 4.39. The van der Waals surface area contributed by atoms with Gasteiger partial charge in [-0.1, -0.05) is 11.6 Å². The quantitative estimate of drug-likeness (QED) is 0.684. The summed E-state index contributed by atoms with van der Waals surface area (Å²) in [5.41, 5.74) is 0.978. The Morgan fingerprint density at radius 3 is 2.93 bits per heavy atom. The Hall–Kier alpha value is -0.740. The zero-order valence-corrected chi connectivity index (χ0v) is 10.6. The van der Waals surface area contributed by atoms with Crippen LogP contribution in [0.4, 0.5) is 4.79 Å². The molecule has 0 saturated carbocycles. The smallest absolute Gasteiger partial charge is 0.287 e. The summed E-state index contributed by atoms with van der Waals surface area (Å²) in [6.45, 7) is 0.542. The number of rotatable bonds is 4. The van der Waals surface area contributed by atoms with Gasteiger partial charge in [-0.15, -0.1) is 0 Å². The average Bonchev–Trinajstić information content (AvgIpc) is 2.17. The first kappa shape index (κ1) is 12.3. The van der Waals surface area contributed by atoms with Gasteiger partial charge in [0.05, 0.1) is 7.11 Å². The van der Waals surface area contributed by atoms with Crippen molar-refractivity contribution in [2.24, 2.45) is 0 Å². The van der Waals surface area contributed by atoms with E-state index in [4.69, 9.17) is 16.3 Å². The van der Waals surface area contributed by atoms with Crippen molar-refractivity contribution in [3.8, 4) is 5.75 Å². The van der Waals surface area contributed by atoms with Gasteiger partial charge in [0.25, 0.3) is 4.82 Å². The van der Waals surface area contributed by atoms with Crippen molar-refractivity contribution in [3.05, 3.63) is 28.8 Å². The summed E-state index contributed by atoms with van der Waals surface area (Å²) in [7, 11) is 1.61. The SMILES string of the molecule is COc1ccc(Cl)cc1CCNC(=O)Br. The number of benzene rings is 1. The number of carbonyl (C=O) groups excluding carboxylic acids is 1. The lowest BCUT2D eigenvalue weighted by Gasteiger charge is -2.08. The molecule has 15 heavy (non-hydrogen) atoms. The standard InChI is InChI=1S/C10H11BrClNO2/c1-15-9-3-2-8(12)6-7(9)4-5-13-10(11)14/h2-3,6H,4-5H2,1H3,(H,13,14). The molecule has 0 aliphatic carbocycles. The van der Waals surface area contributed by atoms with Crippen molar-refractivity contribution in [3.63, 3.8) is 0 Å². The van der Waals surface area contributed by atoms with Crippen molar-refractivity contribution in [1.82, 2.24) is 5.32 Å². The topological polar surface area (TPSA) is 38.3 Å². The molecular formula is C10H11BrClNO2. The molecule has 1 rings (SSSR count). The van der Waals surface area contributed by atoms with E-state index < -0.39 is 0 Å². The Bertz CT molecular complexity index is 357. The second-order valence-electron chi connectivity index (χ2n) is 2.91. The van der Waals surface area contributed by atoms with Crippen LogP contribution in [0.2, 0.25) is 5.02 Å². The number of methoxy groups -OCH3 is 1. The molecular weight excluding hydrogens is 281 g/mol. The van der Waals surface area contributed by atoms with Gasteiger partial charge in [-0.2, -0.15) is 0 Å². The molecule has 0 spiro atoms. The Morgan fingerprint density at radius 1 is 1.60 bits per heavy atom.